The van der Waals surface area contributed by atoms with Gasteiger partial charge in [-0.2, -0.15) is 4.98 Å². The molecule has 2 aromatic carbocycles. The third kappa shape index (κ3) is 4.65. The van der Waals surface area contributed by atoms with Crippen LogP contribution in [0.2, 0.25) is 0 Å². The zero-order chi connectivity index (χ0) is 23.6. The molecule has 3 N–H and O–H groups in total. The quantitative estimate of drug-likeness (QED) is 0.373. The summed E-state index contributed by atoms with van der Waals surface area (Å²) in [5.41, 5.74) is 3.84. The highest BCUT2D eigenvalue weighted by Crippen LogP contribution is 2.33. The van der Waals surface area contributed by atoms with E-state index in [2.05, 4.69) is 42.2 Å². The van der Waals surface area contributed by atoms with Gasteiger partial charge in [-0.05, 0) is 41.8 Å². The molecule has 0 bridgehead atoms. The third-order valence-electron chi connectivity index (χ3n) is 6.43. The summed E-state index contributed by atoms with van der Waals surface area (Å²) in [5, 5.41) is 12.8. The van der Waals surface area contributed by atoms with Crippen molar-refractivity contribution in [1.29, 1.82) is 0 Å². The molecule has 4 heterocycles. The number of nitrogens with zero attached hydrogens (tertiary/aromatic N) is 5. The fraction of sp³-hybridized carbons (Fsp3) is 0.320. The average Bonchev–Trinajstić information content (AvgIpc) is 3.53. The van der Waals surface area contributed by atoms with Crippen molar-refractivity contribution < 1.29 is 14.6 Å². The first-order chi connectivity index (χ1) is 17.2. The van der Waals surface area contributed by atoms with Crippen LogP contribution in [0.4, 0.5) is 11.8 Å². The summed E-state index contributed by atoms with van der Waals surface area (Å²) in [6.07, 6.45) is 2.36. The van der Waals surface area contributed by atoms with Crippen molar-refractivity contribution in [3.05, 3.63) is 59.9 Å². The Balaban J connectivity index is 1.07. The van der Waals surface area contributed by atoms with Crippen LogP contribution in [0.3, 0.4) is 0 Å². The summed E-state index contributed by atoms with van der Waals surface area (Å²) in [4.78, 5) is 21.6. The Hall–Kier alpha value is -4.05. The predicted octanol–water partition coefficient (Wildman–Crippen LogP) is 2.76. The maximum atomic E-state index is 9.44. The summed E-state index contributed by atoms with van der Waals surface area (Å²) in [7, 11) is 0. The predicted molar refractivity (Wildman–Crippen MR) is 132 cm³/mol. The molecule has 0 saturated carbocycles. The SMILES string of the molecule is Oc1ccc(CCNc2ncnc3nc(N4CCN(Cc5ccc6c(c5)OCO6)CC4)[nH]c23)cc1. The van der Waals surface area contributed by atoms with Gasteiger partial charge >= 0.3 is 0 Å². The van der Waals surface area contributed by atoms with E-state index in [1.165, 1.54) is 5.56 Å². The number of aromatic hydroxyl groups is 1. The van der Waals surface area contributed by atoms with Gasteiger partial charge in [-0.1, -0.05) is 18.2 Å². The molecule has 0 aliphatic carbocycles. The number of ether oxygens (including phenoxy) is 2. The van der Waals surface area contributed by atoms with Gasteiger partial charge in [0.1, 0.15) is 17.6 Å². The zero-order valence-electron chi connectivity index (χ0n) is 19.3. The van der Waals surface area contributed by atoms with Crippen molar-refractivity contribution in [2.75, 3.05) is 49.7 Å². The number of phenols is 1. The first-order valence-electron chi connectivity index (χ1n) is 11.8. The molecule has 35 heavy (non-hydrogen) atoms. The second-order valence-corrected chi connectivity index (χ2v) is 8.78. The lowest BCUT2D eigenvalue weighted by atomic mass is 10.1. The van der Waals surface area contributed by atoms with Crippen molar-refractivity contribution >= 4 is 22.9 Å². The molecule has 0 radical (unpaired) electrons. The second kappa shape index (κ2) is 9.30. The van der Waals surface area contributed by atoms with Crippen LogP contribution in [0.1, 0.15) is 11.1 Å². The van der Waals surface area contributed by atoms with Gasteiger partial charge in [0.25, 0.3) is 0 Å². The number of nitrogens with one attached hydrogen (secondary N) is 2. The lowest BCUT2D eigenvalue weighted by molar-refractivity contribution is 0.174. The molecular weight excluding hydrogens is 446 g/mol. The second-order valence-electron chi connectivity index (χ2n) is 8.78. The minimum Gasteiger partial charge on any atom is -0.508 e. The molecule has 10 nitrogen and oxygen atoms in total. The Morgan fingerprint density at radius 2 is 1.74 bits per heavy atom. The smallest absolute Gasteiger partial charge is 0.231 e. The Bertz CT molecular complexity index is 1320. The highest BCUT2D eigenvalue weighted by molar-refractivity contribution is 5.84. The van der Waals surface area contributed by atoms with Crippen LogP contribution in [0.15, 0.2) is 48.8 Å². The number of aromatic nitrogens is 4. The van der Waals surface area contributed by atoms with Crippen molar-refractivity contribution in [3.8, 4) is 17.2 Å². The van der Waals surface area contributed by atoms with Crippen LogP contribution in [-0.4, -0.2) is 69.5 Å². The number of piperazine rings is 1. The molecule has 0 atom stereocenters. The lowest BCUT2D eigenvalue weighted by Gasteiger charge is -2.34. The molecule has 1 fully saturated rings. The maximum Gasteiger partial charge on any atom is 0.231 e. The minimum absolute atomic E-state index is 0.276. The first-order valence-corrected chi connectivity index (χ1v) is 11.8. The Morgan fingerprint density at radius 3 is 2.60 bits per heavy atom. The zero-order valence-corrected chi connectivity index (χ0v) is 19.3. The van der Waals surface area contributed by atoms with Crippen LogP contribution >= 0.6 is 0 Å². The van der Waals surface area contributed by atoms with E-state index in [4.69, 9.17) is 14.5 Å². The number of aromatic amines is 1. The van der Waals surface area contributed by atoms with E-state index in [0.29, 0.717) is 19.0 Å². The van der Waals surface area contributed by atoms with Gasteiger partial charge in [0.2, 0.25) is 12.7 Å². The summed E-state index contributed by atoms with van der Waals surface area (Å²) < 4.78 is 10.9. The Kier molecular flexibility index (Phi) is 5.71. The normalized spacial score (nSPS) is 15.6. The van der Waals surface area contributed by atoms with E-state index < -0.39 is 0 Å². The van der Waals surface area contributed by atoms with Gasteiger partial charge < -0.3 is 29.8 Å². The number of imidazole rings is 1. The van der Waals surface area contributed by atoms with Gasteiger partial charge in [0.15, 0.2) is 23.0 Å². The van der Waals surface area contributed by atoms with Crippen molar-refractivity contribution in [2.24, 2.45) is 0 Å². The fourth-order valence-corrected chi connectivity index (χ4v) is 4.50. The summed E-state index contributed by atoms with van der Waals surface area (Å²) in [5.74, 6) is 3.49. The van der Waals surface area contributed by atoms with Gasteiger partial charge in [-0.25, -0.2) is 9.97 Å². The summed E-state index contributed by atoms with van der Waals surface area (Å²) in [6.45, 7) is 5.52. The van der Waals surface area contributed by atoms with Gasteiger partial charge in [-0.3, -0.25) is 4.90 Å². The molecule has 2 aliphatic rings. The number of rotatable bonds is 7. The average molecular weight is 474 g/mol. The molecule has 1 saturated heterocycles. The van der Waals surface area contributed by atoms with E-state index >= 15 is 0 Å². The van der Waals surface area contributed by atoms with Crippen molar-refractivity contribution in [2.45, 2.75) is 13.0 Å². The number of anilines is 2. The molecule has 2 aromatic heterocycles. The number of benzene rings is 2. The monoisotopic (exact) mass is 473 g/mol. The van der Waals surface area contributed by atoms with Gasteiger partial charge in [0, 0.05) is 39.3 Å². The van der Waals surface area contributed by atoms with Crippen LogP contribution in [0.25, 0.3) is 11.2 Å². The minimum atomic E-state index is 0.276. The van der Waals surface area contributed by atoms with Crippen LogP contribution in [-0.2, 0) is 13.0 Å². The van der Waals surface area contributed by atoms with Crippen molar-refractivity contribution in [3.63, 3.8) is 0 Å². The van der Waals surface area contributed by atoms with E-state index in [0.717, 1.165) is 73.5 Å². The van der Waals surface area contributed by atoms with E-state index in [9.17, 15) is 5.11 Å². The lowest BCUT2D eigenvalue weighted by Crippen LogP contribution is -2.46. The Morgan fingerprint density at radius 1 is 0.943 bits per heavy atom. The van der Waals surface area contributed by atoms with Crippen LogP contribution in [0.5, 0.6) is 17.2 Å². The largest absolute Gasteiger partial charge is 0.508 e. The highest BCUT2D eigenvalue weighted by Gasteiger charge is 2.22. The molecule has 180 valence electrons. The van der Waals surface area contributed by atoms with Crippen LogP contribution in [0, 0.1) is 0 Å². The standard InChI is InChI=1S/C25H27N7O3/c33-19-4-1-17(2-5-19)7-8-26-23-22-24(28-15-27-23)30-25(29-22)32-11-9-31(10-12-32)14-18-3-6-20-21(13-18)35-16-34-20/h1-6,13,15,33H,7-12,14,16H2,(H2,26,27,28,29,30). The fourth-order valence-electron chi connectivity index (χ4n) is 4.50. The van der Waals surface area contributed by atoms with Gasteiger partial charge in [0.05, 0.1) is 0 Å². The Labute approximate surface area is 202 Å². The molecule has 4 aromatic rings. The molecule has 10 heteroatoms. The number of phenolic OH excluding ortho intramolecular Hbond substituents is 1. The van der Waals surface area contributed by atoms with E-state index in [1.54, 1.807) is 18.5 Å². The first kappa shape index (κ1) is 21.5. The number of hydrogen-bond acceptors (Lipinski definition) is 9. The van der Waals surface area contributed by atoms with Crippen LogP contribution < -0.4 is 19.7 Å². The highest BCUT2D eigenvalue weighted by atomic mass is 16.7. The van der Waals surface area contributed by atoms with Gasteiger partial charge in [-0.15, -0.1) is 0 Å². The summed E-state index contributed by atoms with van der Waals surface area (Å²) in [6, 6.07) is 13.4. The number of H-pyrrole nitrogens is 1. The molecular formula is C25H27N7O3. The van der Waals surface area contributed by atoms with E-state index in [1.807, 2.05) is 18.2 Å². The maximum absolute atomic E-state index is 9.44. The number of hydrogen-bond donors (Lipinski definition) is 3. The molecule has 0 spiro atoms. The van der Waals surface area contributed by atoms with E-state index in [-0.39, 0.29) is 5.75 Å². The summed E-state index contributed by atoms with van der Waals surface area (Å²) >= 11 is 0. The van der Waals surface area contributed by atoms with Crippen molar-refractivity contribution in [1.82, 2.24) is 24.8 Å². The molecule has 6 rings (SSSR count). The number of fused-ring (bicyclic) bond motifs is 2. The topological polar surface area (TPSA) is 112 Å². The molecule has 0 unspecified atom stereocenters. The third-order valence-corrected chi connectivity index (χ3v) is 6.43. The molecule has 0 amide bonds. The molecule has 2 aliphatic heterocycles.